The van der Waals surface area contributed by atoms with Gasteiger partial charge in [0.1, 0.15) is 5.60 Å². The largest absolute Gasteiger partial charge is 0.460 e. The molecule has 1 aliphatic rings. The monoisotopic (exact) mass is 306 g/mol. The van der Waals surface area contributed by atoms with E-state index in [0.29, 0.717) is 25.9 Å². The average molecular weight is 306 g/mol. The van der Waals surface area contributed by atoms with Crippen molar-refractivity contribution in [2.24, 2.45) is 0 Å². The molecule has 3 N–H and O–H groups in total. The number of hydrogen-bond donors (Lipinski definition) is 2. The van der Waals surface area contributed by atoms with Crippen molar-refractivity contribution in [2.45, 2.75) is 51.2 Å². The van der Waals surface area contributed by atoms with Gasteiger partial charge in [-0.2, -0.15) is 0 Å². The van der Waals surface area contributed by atoms with Gasteiger partial charge in [0.15, 0.2) is 0 Å². The molecule has 5 heteroatoms. The summed E-state index contributed by atoms with van der Waals surface area (Å²) in [5.41, 5.74) is 6.10. The van der Waals surface area contributed by atoms with Crippen LogP contribution in [0.5, 0.6) is 0 Å². The molecule has 5 nitrogen and oxygen atoms in total. The number of piperidine rings is 1. The Labute approximate surface area is 132 Å². The molecule has 2 rings (SSSR count). The highest BCUT2D eigenvalue weighted by molar-refractivity contribution is 5.71. The number of esters is 1. The molecule has 1 heterocycles. The summed E-state index contributed by atoms with van der Waals surface area (Å²) in [5.74, 6) is -0.340. The van der Waals surface area contributed by atoms with Crippen molar-refractivity contribution in [1.82, 2.24) is 0 Å². The third kappa shape index (κ3) is 4.63. The predicted octanol–water partition coefficient (Wildman–Crippen LogP) is 2.33. The molecule has 0 aromatic heterocycles. The number of rotatable bonds is 3. The number of nitrogens with zero attached hydrogens (tertiary/aromatic N) is 1. The molecule has 122 valence electrons. The summed E-state index contributed by atoms with van der Waals surface area (Å²) in [6, 6.07) is 7.71. The van der Waals surface area contributed by atoms with Gasteiger partial charge >= 0.3 is 5.97 Å². The van der Waals surface area contributed by atoms with E-state index in [4.69, 9.17) is 10.5 Å². The van der Waals surface area contributed by atoms with Gasteiger partial charge in [-0.05, 0) is 51.8 Å². The highest BCUT2D eigenvalue weighted by atomic mass is 16.6. The second-order valence-corrected chi connectivity index (χ2v) is 7.07. The molecule has 0 amide bonds. The van der Waals surface area contributed by atoms with Crippen molar-refractivity contribution in [3.63, 3.8) is 0 Å². The van der Waals surface area contributed by atoms with Crippen molar-refractivity contribution in [3.8, 4) is 0 Å². The van der Waals surface area contributed by atoms with Gasteiger partial charge in [-0.15, -0.1) is 0 Å². The molecule has 0 bridgehead atoms. The molecule has 0 atom stereocenters. The summed E-state index contributed by atoms with van der Waals surface area (Å²) in [5, 5.41) is 10.6. The van der Waals surface area contributed by atoms with E-state index in [1.165, 1.54) is 0 Å². The molecular weight excluding hydrogens is 280 g/mol. The number of carbonyl (C=O) groups is 1. The highest BCUT2D eigenvalue weighted by Gasteiger charge is 2.36. The number of carbonyl (C=O) groups excluding carboxylic acids is 1. The minimum Gasteiger partial charge on any atom is -0.460 e. The summed E-state index contributed by atoms with van der Waals surface area (Å²) >= 11 is 0. The van der Waals surface area contributed by atoms with E-state index in [2.05, 4.69) is 4.90 Å². The Balaban J connectivity index is 1.91. The maximum atomic E-state index is 11.9. The van der Waals surface area contributed by atoms with Crippen molar-refractivity contribution in [3.05, 3.63) is 24.3 Å². The van der Waals surface area contributed by atoms with Crippen LogP contribution in [0.25, 0.3) is 0 Å². The minimum absolute atomic E-state index is 0.0506. The SMILES string of the molecule is CC(C)(C)OC(=O)CC1(O)CCN(c2cccc(N)c2)CC1. The van der Waals surface area contributed by atoms with E-state index in [1.807, 2.05) is 45.0 Å². The van der Waals surface area contributed by atoms with Crippen molar-refractivity contribution >= 4 is 17.3 Å². The van der Waals surface area contributed by atoms with Gasteiger partial charge in [-0.25, -0.2) is 0 Å². The lowest BCUT2D eigenvalue weighted by molar-refractivity contribution is -0.161. The second-order valence-electron chi connectivity index (χ2n) is 7.07. The van der Waals surface area contributed by atoms with Gasteiger partial charge in [-0.3, -0.25) is 4.79 Å². The lowest BCUT2D eigenvalue weighted by atomic mass is 9.88. The zero-order valence-corrected chi connectivity index (χ0v) is 13.6. The Morgan fingerprint density at radius 1 is 1.36 bits per heavy atom. The second kappa shape index (κ2) is 6.16. The number of ether oxygens (including phenoxy) is 1. The molecular formula is C17H26N2O3. The van der Waals surface area contributed by atoms with Crippen LogP contribution in [0.4, 0.5) is 11.4 Å². The van der Waals surface area contributed by atoms with E-state index >= 15 is 0 Å². The van der Waals surface area contributed by atoms with Gasteiger partial charge in [0, 0.05) is 24.5 Å². The fraction of sp³-hybridized carbons (Fsp3) is 0.588. The average Bonchev–Trinajstić information content (AvgIpc) is 2.36. The van der Waals surface area contributed by atoms with Crippen molar-refractivity contribution in [2.75, 3.05) is 23.7 Å². The van der Waals surface area contributed by atoms with Crippen LogP contribution in [-0.2, 0) is 9.53 Å². The number of nitrogen functional groups attached to an aromatic ring is 1. The summed E-state index contributed by atoms with van der Waals surface area (Å²) in [4.78, 5) is 14.1. The molecule has 0 aliphatic carbocycles. The minimum atomic E-state index is -0.973. The van der Waals surface area contributed by atoms with Gasteiger partial charge in [0.05, 0.1) is 12.0 Å². The third-order valence-corrected chi connectivity index (χ3v) is 3.82. The Hall–Kier alpha value is -1.75. The van der Waals surface area contributed by atoms with Crippen molar-refractivity contribution in [1.29, 1.82) is 0 Å². The molecule has 1 aromatic carbocycles. The van der Waals surface area contributed by atoms with Crippen LogP contribution < -0.4 is 10.6 Å². The molecule has 1 saturated heterocycles. The maximum Gasteiger partial charge on any atom is 0.309 e. The fourth-order valence-corrected chi connectivity index (χ4v) is 2.73. The number of anilines is 2. The third-order valence-electron chi connectivity index (χ3n) is 3.82. The highest BCUT2D eigenvalue weighted by Crippen LogP contribution is 2.30. The van der Waals surface area contributed by atoms with E-state index in [1.54, 1.807) is 0 Å². The first-order chi connectivity index (χ1) is 10.2. The van der Waals surface area contributed by atoms with Crippen LogP contribution in [0, 0.1) is 0 Å². The lowest BCUT2D eigenvalue weighted by Gasteiger charge is -2.39. The molecule has 0 radical (unpaired) electrons. The summed E-state index contributed by atoms with van der Waals surface area (Å²) in [6.45, 7) is 6.89. The summed E-state index contributed by atoms with van der Waals surface area (Å²) in [6.07, 6.45) is 1.14. The first-order valence-electron chi connectivity index (χ1n) is 7.72. The Kier molecular flexibility index (Phi) is 4.66. The zero-order chi connectivity index (χ0) is 16.4. The molecule has 1 fully saturated rings. The summed E-state index contributed by atoms with van der Waals surface area (Å²) < 4.78 is 5.30. The van der Waals surface area contributed by atoms with E-state index < -0.39 is 11.2 Å². The molecule has 0 unspecified atom stereocenters. The smallest absolute Gasteiger partial charge is 0.309 e. The van der Waals surface area contributed by atoms with Crippen LogP contribution in [0.3, 0.4) is 0 Å². The van der Waals surface area contributed by atoms with Crippen LogP contribution in [0.15, 0.2) is 24.3 Å². The van der Waals surface area contributed by atoms with E-state index in [0.717, 1.165) is 11.4 Å². The molecule has 1 aromatic rings. The number of benzene rings is 1. The van der Waals surface area contributed by atoms with E-state index in [-0.39, 0.29) is 12.4 Å². The Bertz CT molecular complexity index is 529. The van der Waals surface area contributed by atoms with Crippen molar-refractivity contribution < 1.29 is 14.6 Å². The molecule has 0 saturated carbocycles. The van der Waals surface area contributed by atoms with E-state index in [9.17, 15) is 9.90 Å². The normalized spacial score (nSPS) is 18.1. The predicted molar refractivity (Wildman–Crippen MR) is 87.7 cm³/mol. The first kappa shape index (κ1) is 16.6. The number of hydrogen-bond acceptors (Lipinski definition) is 5. The fourth-order valence-electron chi connectivity index (χ4n) is 2.73. The van der Waals surface area contributed by atoms with Gasteiger partial charge < -0.3 is 20.5 Å². The van der Waals surface area contributed by atoms with Gasteiger partial charge in [0.2, 0.25) is 0 Å². The molecule has 0 spiro atoms. The standard InChI is InChI=1S/C17H26N2O3/c1-16(2,3)22-15(20)12-17(21)7-9-19(10-8-17)14-6-4-5-13(18)11-14/h4-6,11,21H,7-10,12,18H2,1-3H3. The first-order valence-corrected chi connectivity index (χ1v) is 7.72. The summed E-state index contributed by atoms with van der Waals surface area (Å²) in [7, 11) is 0. The zero-order valence-electron chi connectivity index (χ0n) is 13.6. The van der Waals surface area contributed by atoms with Crippen LogP contribution in [0.2, 0.25) is 0 Å². The Morgan fingerprint density at radius 2 is 2.00 bits per heavy atom. The van der Waals surface area contributed by atoms with Crippen LogP contribution in [-0.4, -0.2) is 35.4 Å². The lowest BCUT2D eigenvalue weighted by Crippen LogP contribution is -2.46. The van der Waals surface area contributed by atoms with Crippen LogP contribution >= 0.6 is 0 Å². The van der Waals surface area contributed by atoms with Gasteiger partial charge in [-0.1, -0.05) is 6.07 Å². The maximum absolute atomic E-state index is 11.9. The van der Waals surface area contributed by atoms with Crippen LogP contribution in [0.1, 0.15) is 40.0 Å². The number of nitrogens with two attached hydrogens (primary N) is 1. The molecule has 1 aliphatic heterocycles. The Morgan fingerprint density at radius 3 is 2.55 bits per heavy atom. The quantitative estimate of drug-likeness (QED) is 0.662. The molecule has 22 heavy (non-hydrogen) atoms. The van der Waals surface area contributed by atoms with Gasteiger partial charge in [0.25, 0.3) is 0 Å². The topological polar surface area (TPSA) is 75.8 Å². The number of aliphatic hydroxyl groups is 1.